The second-order valence-electron chi connectivity index (χ2n) is 9.82. The van der Waals surface area contributed by atoms with E-state index in [1.54, 1.807) is 57.2 Å². The van der Waals surface area contributed by atoms with E-state index in [0.29, 0.717) is 16.8 Å². The van der Waals surface area contributed by atoms with Crippen molar-refractivity contribution in [1.82, 2.24) is 10.2 Å². The number of aliphatic hydroxyl groups excluding tert-OH is 2. The summed E-state index contributed by atoms with van der Waals surface area (Å²) < 4.78 is 5.22. The molecule has 3 aromatic rings. The number of carbonyl (C=O) groups is 3. The van der Waals surface area contributed by atoms with E-state index in [2.05, 4.69) is 16.6 Å². The van der Waals surface area contributed by atoms with Gasteiger partial charge in [-0.1, -0.05) is 54.5 Å². The van der Waals surface area contributed by atoms with Crippen LogP contribution in [0.5, 0.6) is 0 Å². The molecular weight excluding hydrogens is 498 g/mol. The molecule has 0 saturated carbocycles. The van der Waals surface area contributed by atoms with Crippen molar-refractivity contribution in [3.8, 4) is 12.3 Å². The van der Waals surface area contributed by atoms with Crippen LogP contribution in [0.3, 0.4) is 0 Å². The number of amides is 3. The van der Waals surface area contributed by atoms with Crippen LogP contribution in [0.25, 0.3) is 10.8 Å². The van der Waals surface area contributed by atoms with Crippen molar-refractivity contribution in [2.45, 2.75) is 38.5 Å². The van der Waals surface area contributed by atoms with Gasteiger partial charge in [-0.25, -0.2) is 4.79 Å². The van der Waals surface area contributed by atoms with E-state index < -0.39 is 48.8 Å². The number of benzene rings is 3. The monoisotopic (exact) mass is 531 g/mol. The maximum Gasteiger partial charge on any atom is 0.408 e. The molecule has 0 spiro atoms. The molecule has 3 rings (SSSR count). The van der Waals surface area contributed by atoms with Crippen LogP contribution in [-0.2, 0) is 14.3 Å². The molecule has 4 N–H and O–H groups in total. The predicted molar refractivity (Wildman–Crippen MR) is 149 cm³/mol. The molecule has 2 atom stereocenters. The SMILES string of the molecule is C#Cc1ccccc1C(C(=O)Nc1ccc2ccccc2c1)N(CCO)C(=O)C(CO)NC(=O)OC(C)(C)C. The Labute approximate surface area is 227 Å². The van der Waals surface area contributed by atoms with Gasteiger partial charge >= 0.3 is 6.09 Å². The Morgan fingerprint density at radius 3 is 2.31 bits per heavy atom. The van der Waals surface area contributed by atoms with Crippen molar-refractivity contribution in [2.24, 2.45) is 0 Å². The smallest absolute Gasteiger partial charge is 0.408 e. The molecule has 0 aromatic heterocycles. The standard InChI is InChI=1S/C30H33N3O6/c1-5-20-10-8-9-13-24(20)26(27(36)31-23-15-14-21-11-6-7-12-22(21)18-23)33(16-17-34)28(37)25(19-35)32-29(38)39-30(2,3)4/h1,6-15,18,25-26,34-35H,16-17,19H2,2-4H3,(H,31,36)(H,32,38). The first-order valence-corrected chi connectivity index (χ1v) is 12.4. The van der Waals surface area contributed by atoms with Crippen molar-refractivity contribution < 1.29 is 29.3 Å². The number of hydrogen-bond donors (Lipinski definition) is 4. The van der Waals surface area contributed by atoms with Gasteiger partial charge in [-0.15, -0.1) is 6.42 Å². The second-order valence-corrected chi connectivity index (χ2v) is 9.82. The molecule has 2 unspecified atom stereocenters. The quantitative estimate of drug-likeness (QED) is 0.314. The average Bonchev–Trinajstić information content (AvgIpc) is 2.90. The van der Waals surface area contributed by atoms with Crippen LogP contribution in [0, 0.1) is 12.3 Å². The number of anilines is 1. The van der Waals surface area contributed by atoms with Crippen LogP contribution in [0.1, 0.15) is 37.9 Å². The van der Waals surface area contributed by atoms with Crippen molar-refractivity contribution in [1.29, 1.82) is 0 Å². The molecule has 9 heteroatoms. The molecule has 0 aliphatic heterocycles. The van der Waals surface area contributed by atoms with E-state index in [9.17, 15) is 24.6 Å². The number of nitrogens with one attached hydrogen (secondary N) is 2. The molecule has 0 saturated heterocycles. The average molecular weight is 532 g/mol. The predicted octanol–water partition coefficient (Wildman–Crippen LogP) is 3.21. The van der Waals surface area contributed by atoms with E-state index in [1.807, 2.05) is 30.3 Å². The molecule has 0 fully saturated rings. The normalized spacial score (nSPS) is 12.6. The Kier molecular flexibility index (Phi) is 9.66. The number of nitrogens with zero attached hydrogens (tertiary/aromatic N) is 1. The van der Waals surface area contributed by atoms with Gasteiger partial charge in [0.1, 0.15) is 17.7 Å². The van der Waals surface area contributed by atoms with Crippen LogP contribution in [0.2, 0.25) is 0 Å². The summed E-state index contributed by atoms with van der Waals surface area (Å²) in [5, 5.41) is 26.9. The fourth-order valence-electron chi connectivity index (χ4n) is 4.10. The summed E-state index contributed by atoms with van der Waals surface area (Å²) in [6.07, 6.45) is 4.80. The summed E-state index contributed by atoms with van der Waals surface area (Å²) in [6.45, 7) is 3.43. The molecule has 204 valence electrons. The van der Waals surface area contributed by atoms with E-state index in [-0.39, 0.29) is 6.54 Å². The zero-order chi connectivity index (χ0) is 28.6. The summed E-state index contributed by atoms with van der Waals surface area (Å²) in [6, 6.07) is 16.9. The third-order valence-corrected chi connectivity index (χ3v) is 5.78. The Hall–Kier alpha value is -4.39. The van der Waals surface area contributed by atoms with Gasteiger partial charge in [-0.3, -0.25) is 9.59 Å². The first kappa shape index (κ1) is 29.2. The lowest BCUT2D eigenvalue weighted by Crippen LogP contribution is -2.54. The highest BCUT2D eigenvalue weighted by Gasteiger charge is 2.37. The van der Waals surface area contributed by atoms with Crippen LogP contribution in [0.15, 0.2) is 66.7 Å². The lowest BCUT2D eigenvalue weighted by Gasteiger charge is -2.34. The molecule has 3 amide bonds. The molecule has 3 aromatic carbocycles. The van der Waals surface area contributed by atoms with Gasteiger partial charge in [-0.2, -0.15) is 0 Å². The summed E-state index contributed by atoms with van der Waals surface area (Å²) in [5.74, 6) is 1.14. The molecule has 0 aliphatic carbocycles. The van der Waals surface area contributed by atoms with Crippen LogP contribution < -0.4 is 10.6 Å². The van der Waals surface area contributed by atoms with Crippen LogP contribution in [0.4, 0.5) is 10.5 Å². The highest BCUT2D eigenvalue weighted by Crippen LogP contribution is 2.28. The number of aliphatic hydroxyl groups is 2. The molecule has 39 heavy (non-hydrogen) atoms. The largest absolute Gasteiger partial charge is 0.444 e. The van der Waals surface area contributed by atoms with E-state index in [4.69, 9.17) is 11.2 Å². The maximum atomic E-state index is 13.8. The number of alkyl carbamates (subject to hydrolysis) is 1. The summed E-state index contributed by atoms with van der Waals surface area (Å²) in [5.41, 5.74) is 0.358. The lowest BCUT2D eigenvalue weighted by atomic mass is 9.97. The minimum atomic E-state index is -1.44. The van der Waals surface area contributed by atoms with E-state index in [1.165, 1.54) is 0 Å². The zero-order valence-electron chi connectivity index (χ0n) is 22.2. The third kappa shape index (κ3) is 7.57. The summed E-state index contributed by atoms with van der Waals surface area (Å²) in [7, 11) is 0. The molecule has 0 aliphatic rings. The number of terminal acetylenes is 1. The van der Waals surface area contributed by atoms with Gasteiger partial charge < -0.3 is 30.5 Å². The molecule has 9 nitrogen and oxygen atoms in total. The molecule has 0 radical (unpaired) electrons. The van der Waals surface area contributed by atoms with Crippen molar-refractivity contribution in [2.75, 3.05) is 25.1 Å². The van der Waals surface area contributed by atoms with Gasteiger partial charge in [0.25, 0.3) is 5.91 Å². The van der Waals surface area contributed by atoms with Gasteiger partial charge in [0.05, 0.1) is 13.2 Å². The molecule has 0 bridgehead atoms. The number of carbonyl (C=O) groups excluding carboxylic acids is 3. The van der Waals surface area contributed by atoms with Gasteiger partial charge in [0.2, 0.25) is 5.91 Å². The maximum absolute atomic E-state index is 13.8. The van der Waals surface area contributed by atoms with E-state index >= 15 is 0 Å². The fourth-order valence-corrected chi connectivity index (χ4v) is 4.10. The van der Waals surface area contributed by atoms with Gasteiger partial charge in [-0.05, 0) is 55.3 Å². The minimum Gasteiger partial charge on any atom is -0.444 e. The van der Waals surface area contributed by atoms with Crippen molar-refractivity contribution in [3.05, 3.63) is 77.9 Å². The first-order valence-electron chi connectivity index (χ1n) is 12.4. The zero-order valence-corrected chi connectivity index (χ0v) is 22.2. The van der Waals surface area contributed by atoms with Crippen molar-refractivity contribution in [3.63, 3.8) is 0 Å². The molecule has 0 heterocycles. The van der Waals surface area contributed by atoms with Crippen LogP contribution in [-0.4, -0.2) is 64.4 Å². The Balaban J connectivity index is 2.01. The lowest BCUT2D eigenvalue weighted by molar-refractivity contribution is -0.142. The molecular formula is C30H33N3O6. The van der Waals surface area contributed by atoms with Crippen molar-refractivity contribution >= 4 is 34.4 Å². The third-order valence-electron chi connectivity index (χ3n) is 5.78. The number of rotatable bonds is 9. The summed E-state index contributed by atoms with van der Waals surface area (Å²) >= 11 is 0. The highest BCUT2D eigenvalue weighted by atomic mass is 16.6. The fraction of sp³-hybridized carbons (Fsp3) is 0.300. The second kappa shape index (κ2) is 12.9. The Morgan fingerprint density at radius 1 is 1.00 bits per heavy atom. The van der Waals surface area contributed by atoms with Gasteiger partial charge in [0, 0.05) is 17.8 Å². The number of hydrogen-bond acceptors (Lipinski definition) is 6. The highest BCUT2D eigenvalue weighted by molar-refractivity contribution is 6.00. The van der Waals surface area contributed by atoms with Crippen LogP contribution >= 0.6 is 0 Å². The number of fused-ring (bicyclic) bond motifs is 1. The number of ether oxygens (including phenoxy) is 1. The Morgan fingerprint density at radius 2 is 1.67 bits per heavy atom. The Bertz CT molecular complexity index is 1370. The first-order chi connectivity index (χ1) is 18.6. The van der Waals surface area contributed by atoms with E-state index in [0.717, 1.165) is 15.7 Å². The van der Waals surface area contributed by atoms with Gasteiger partial charge in [0.15, 0.2) is 0 Å². The minimum absolute atomic E-state index is 0.278. The summed E-state index contributed by atoms with van der Waals surface area (Å²) in [4.78, 5) is 40.9. The topological polar surface area (TPSA) is 128 Å².